The van der Waals surface area contributed by atoms with Crippen molar-refractivity contribution in [2.75, 3.05) is 6.54 Å². The van der Waals surface area contributed by atoms with Crippen LogP contribution in [-0.4, -0.2) is 16.1 Å². The van der Waals surface area contributed by atoms with E-state index in [1.807, 2.05) is 10.8 Å². The molecule has 1 heterocycles. The van der Waals surface area contributed by atoms with E-state index < -0.39 is 0 Å². The fourth-order valence-corrected chi connectivity index (χ4v) is 1.49. The molecule has 0 unspecified atom stereocenters. The third-order valence-electron chi connectivity index (χ3n) is 2.34. The molecule has 0 atom stereocenters. The molecule has 0 spiro atoms. The molecule has 0 aliphatic rings. The van der Waals surface area contributed by atoms with E-state index in [0.29, 0.717) is 6.54 Å². The smallest absolute Gasteiger partial charge is 0.0991 e. The highest BCUT2D eigenvalue weighted by Gasteiger charge is 1.93. The van der Waals surface area contributed by atoms with Gasteiger partial charge in [-0.3, -0.25) is 0 Å². The Morgan fingerprint density at radius 2 is 2.06 bits per heavy atom. The minimum atomic E-state index is 0.698. The average Bonchev–Trinajstić information content (AvgIpc) is 2.84. The molecule has 0 saturated heterocycles. The Labute approximate surface area is 95.2 Å². The molecule has 0 fully saturated rings. The predicted molar refractivity (Wildman–Crippen MR) is 66.3 cm³/mol. The molecular weight excluding hydrogens is 198 g/mol. The summed E-state index contributed by atoms with van der Waals surface area (Å²) in [6.07, 6.45) is 10.6. The largest absolute Gasteiger partial charge is 0.330 e. The van der Waals surface area contributed by atoms with Gasteiger partial charge in [0.25, 0.3) is 0 Å². The van der Waals surface area contributed by atoms with Crippen LogP contribution in [0.15, 0.2) is 49.1 Å². The Kier molecular flexibility index (Phi) is 3.51. The van der Waals surface area contributed by atoms with E-state index >= 15 is 0 Å². The lowest BCUT2D eigenvalue weighted by molar-refractivity contribution is 1.01. The molecule has 0 saturated carbocycles. The van der Waals surface area contributed by atoms with Gasteiger partial charge in [0.1, 0.15) is 0 Å². The van der Waals surface area contributed by atoms with Crippen molar-refractivity contribution < 1.29 is 0 Å². The molecule has 1 aromatic heterocycles. The minimum absolute atomic E-state index is 0.698. The highest BCUT2D eigenvalue weighted by atomic mass is 15.0. The first kappa shape index (κ1) is 10.6. The van der Waals surface area contributed by atoms with Gasteiger partial charge in [-0.05, 0) is 30.7 Å². The minimum Gasteiger partial charge on any atom is -0.330 e. The van der Waals surface area contributed by atoms with Gasteiger partial charge in [0.2, 0.25) is 0 Å². The van der Waals surface area contributed by atoms with Crippen LogP contribution in [0.4, 0.5) is 0 Å². The molecule has 0 amide bonds. The second kappa shape index (κ2) is 5.28. The summed E-state index contributed by atoms with van der Waals surface area (Å²) in [6, 6.07) is 8.32. The lowest BCUT2D eigenvalue weighted by Crippen LogP contribution is -1.95. The van der Waals surface area contributed by atoms with Crippen molar-refractivity contribution in [3.05, 3.63) is 54.6 Å². The van der Waals surface area contributed by atoms with Crippen LogP contribution >= 0.6 is 0 Å². The Bertz CT molecular complexity index is 441. The topological polar surface area (TPSA) is 43.8 Å². The van der Waals surface area contributed by atoms with Gasteiger partial charge in [0.15, 0.2) is 0 Å². The van der Waals surface area contributed by atoms with Crippen LogP contribution in [0.2, 0.25) is 0 Å². The maximum atomic E-state index is 5.42. The van der Waals surface area contributed by atoms with E-state index in [1.165, 1.54) is 5.56 Å². The third-order valence-corrected chi connectivity index (χ3v) is 2.34. The first-order valence-electron chi connectivity index (χ1n) is 5.35. The van der Waals surface area contributed by atoms with Crippen molar-refractivity contribution in [2.24, 2.45) is 5.73 Å². The molecule has 16 heavy (non-hydrogen) atoms. The molecule has 3 nitrogen and oxygen atoms in total. The van der Waals surface area contributed by atoms with Crippen molar-refractivity contribution in [3.8, 4) is 5.69 Å². The van der Waals surface area contributed by atoms with Gasteiger partial charge in [-0.25, -0.2) is 4.98 Å². The van der Waals surface area contributed by atoms with Gasteiger partial charge in [-0.15, -0.1) is 0 Å². The summed E-state index contributed by atoms with van der Waals surface area (Å²) in [5.41, 5.74) is 7.73. The van der Waals surface area contributed by atoms with E-state index in [4.69, 9.17) is 5.73 Å². The number of hydrogen-bond donors (Lipinski definition) is 1. The Balaban J connectivity index is 2.11. The van der Waals surface area contributed by atoms with Crippen molar-refractivity contribution in [1.29, 1.82) is 0 Å². The van der Waals surface area contributed by atoms with Crippen molar-refractivity contribution >= 4 is 6.08 Å². The summed E-state index contributed by atoms with van der Waals surface area (Å²) in [5.74, 6) is 0. The molecule has 0 bridgehead atoms. The van der Waals surface area contributed by atoms with E-state index in [-0.39, 0.29) is 0 Å². The molecule has 2 aromatic rings. The number of imidazole rings is 1. The fraction of sp³-hybridized carbons (Fsp3) is 0.154. The quantitative estimate of drug-likeness (QED) is 0.846. The monoisotopic (exact) mass is 213 g/mol. The number of hydrogen-bond acceptors (Lipinski definition) is 2. The zero-order valence-electron chi connectivity index (χ0n) is 9.08. The second-order valence-corrected chi connectivity index (χ2v) is 3.54. The summed E-state index contributed by atoms with van der Waals surface area (Å²) < 4.78 is 1.98. The lowest BCUT2D eigenvalue weighted by Gasteiger charge is -2.01. The van der Waals surface area contributed by atoms with Crippen molar-refractivity contribution in [3.63, 3.8) is 0 Å². The number of rotatable bonds is 4. The van der Waals surface area contributed by atoms with E-state index in [9.17, 15) is 0 Å². The van der Waals surface area contributed by atoms with Gasteiger partial charge < -0.3 is 10.3 Å². The maximum Gasteiger partial charge on any atom is 0.0991 e. The van der Waals surface area contributed by atoms with E-state index in [2.05, 4.69) is 41.4 Å². The van der Waals surface area contributed by atoms with Gasteiger partial charge in [0, 0.05) is 18.1 Å². The Hall–Kier alpha value is -1.87. The number of nitrogens with two attached hydrogens (primary N) is 1. The standard InChI is InChI=1S/C13H15N3/c14-8-2-1-3-12-4-6-13(7-5-12)16-10-9-15-11-16/h1,3-7,9-11H,2,8,14H2. The lowest BCUT2D eigenvalue weighted by atomic mass is 10.2. The van der Waals surface area contributed by atoms with Crippen molar-refractivity contribution in [2.45, 2.75) is 6.42 Å². The second-order valence-electron chi connectivity index (χ2n) is 3.54. The molecule has 0 aliphatic heterocycles. The fourth-order valence-electron chi connectivity index (χ4n) is 1.49. The van der Waals surface area contributed by atoms with Crippen LogP contribution < -0.4 is 5.73 Å². The van der Waals surface area contributed by atoms with Gasteiger partial charge in [-0.1, -0.05) is 24.3 Å². The number of nitrogens with zero attached hydrogens (tertiary/aromatic N) is 2. The number of benzene rings is 1. The van der Waals surface area contributed by atoms with Crippen LogP contribution in [0, 0.1) is 0 Å². The van der Waals surface area contributed by atoms with Gasteiger partial charge in [0.05, 0.1) is 6.33 Å². The van der Waals surface area contributed by atoms with Crippen molar-refractivity contribution in [1.82, 2.24) is 9.55 Å². The van der Waals surface area contributed by atoms with Crippen LogP contribution in [0.1, 0.15) is 12.0 Å². The molecule has 2 N–H and O–H groups in total. The summed E-state index contributed by atoms with van der Waals surface area (Å²) in [4.78, 5) is 4.02. The molecule has 0 aliphatic carbocycles. The summed E-state index contributed by atoms with van der Waals surface area (Å²) in [7, 11) is 0. The summed E-state index contributed by atoms with van der Waals surface area (Å²) >= 11 is 0. The summed E-state index contributed by atoms with van der Waals surface area (Å²) in [6.45, 7) is 0.698. The molecular formula is C13H15N3. The summed E-state index contributed by atoms with van der Waals surface area (Å²) in [5, 5.41) is 0. The van der Waals surface area contributed by atoms with Crippen LogP contribution in [0.3, 0.4) is 0 Å². The van der Waals surface area contributed by atoms with E-state index in [0.717, 1.165) is 12.1 Å². The highest BCUT2D eigenvalue weighted by Crippen LogP contribution is 2.10. The van der Waals surface area contributed by atoms with Crippen LogP contribution in [0.25, 0.3) is 11.8 Å². The molecule has 2 rings (SSSR count). The predicted octanol–water partition coefficient (Wildman–Crippen LogP) is 2.23. The molecule has 0 radical (unpaired) electrons. The zero-order valence-corrected chi connectivity index (χ0v) is 9.08. The molecule has 82 valence electrons. The normalized spacial score (nSPS) is 11.1. The Morgan fingerprint density at radius 3 is 2.69 bits per heavy atom. The zero-order chi connectivity index (χ0) is 11.2. The molecule has 1 aromatic carbocycles. The first-order chi connectivity index (χ1) is 7.90. The molecule has 3 heteroatoms. The number of aromatic nitrogens is 2. The Morgan fingerprint density at radius 1 is 1.25 bits per heavy atom. The highest BCUT2D eigenvalue weighted by molar-refractivity contribution is 5.51. The van der Waals surface area contributed by atoms with Gasteiger partial charge >= 0.3 is 0 Å². The first-order valence-corrected chi connectivity index (χ1v) is 5.35. The third kappa shape index (κ3) is 2.58. The van der Waals surface area contributed by atoms with Gasteiger partial charge in [-0.2, -0.15) is 0 Å². The van der Waals surface area contributed by atoms with Crippen LogP contribution in [-0.2, 0) is 0 Å². The average molecular weight is 213 g/mol. The van der Waals surface area contributed by atoms with E-state index in [1.54, 1.807) is 12.5 Å². The van der Waals surface area contributed by atoms with Crippen LogP contribution in [0.5, 0.6) is 0 Å². The maximum absolute atomic E-state index is 5.42. The SMILES string of the molecule is NCCC=Cc1ccc(-n2ccnc2)cc1.